The first-order chi connectivity index (χ1) is 9.50. The zero-order valence-electron chi connectivity index (χ0n) is 11.6. The number of aliphatic hydroxyl groups is 1. The third-order valence-electron chi connectivity index (χ3n) is 3.57. The third-order valence-corrected chi connectivity index (χ3v) is 5.01. The minimum absolute atomic E-state index is 0.0707. The van der Waals surface area contributed by atoms with Crippen LogP contribution in [-0.2, 0) is 27.1 Å². The van der Waals surface area contributed by atoms with E-state index in [0.717, 1.165) is 12.0 Å². The molecule has 0 spiro atoms. The lowest BCUT2D eigenvalue weighted by Gasteiger charge is -2.19. The smallest absolute Gasteiger partial charge is 0.216 e. The van der Waals surface area contributed by atoms with Gasteiger partial charge in [-0.05, 0) is 24.5 Å². The average Bonchev–Trinajstić information content (AvgIpc) is 2.91. The van der Waals surface area contributed by atoms with Gasteiger partial charge in [0.25, 0.3) is 0 Å². The molecule has 0 aliphatic carbocycles. The molecule has 1 aliphatic heterocycles. The van der Waals surface area contributed by atoms with E-state index in [0.29, 0.717) is 18.8 Å². The van der Waals surface area contributed by atoms with E-state index in [-0.39, 0.29) is 24.3 Å². The van der Waals surface area contributed by atoms with Gasteiger partial charge >= 0.3 is 0 Å². The Labute approximate surface area is 120 Å². The molecular weight excluding hydrogens is 278 g/mol. The molecule has 0 bridgehead atoms. The van der Waals surface area contributed by atoms with E-state index in [9.17, 15) is 8.42 Å². The van der Waals surface area contributed by atoms with Crippen molar-refractivity contribution in [3.8, 4) is 0 Å². The maximum absolute atomic E-state index is 12.2. The molecule has 0 saturated carbocycles. The van der Waals surface area contributed by atoms with Crippen LogP contribution in [0.5, 0.6) is 0 Å². The monoisotopic (exact) mass is 299 g/mol. The van der Waals surface area contributed by atoms with Gasteiger partial charge in [-0.1, -0.05) is 24.3 Å². The van der Waals surface area contributed by atoms with Gasteiger partial charge in [0, 0.05) is 18.6 Å². The van der Waals surface area contributed by atoms with Gasteiger partial charge in [0.05, 0.1) is 19.0 Å². The zero-order chi connectivity index (χ0) is 14.6. The summed E-state index contributed by atoms with van der Waals surface area (Å²) < 4.78 is 32.3. The van der Waals surface area contributed by atoms with E-state index in [1.54, 1.807) is 24.3 Å². The fraction of sp³-hybridized carbons (Fsp3) is 0.571. The normalized spacial score (nSPS) is 21.0. The summed E-state index contributed by atoms with van der Waals surface area (Å²) in [6, 6.07) is 6.86. The fourth-order valence-corrected chi connectivity index (χ4v) is 3.87. The van der Waals surface area contributed by atoms with E-state index in [1.165, 1.54) is 0 Å². The molecule has 112 valence electrons. The van der Waals surface area contributed by atoms with Crippen molar-refractivity contribution in [1.82, 2.24) is 4.72 Å². The molecular formula is C14H21NO4S. The molecule has 5 nitrogen and oxygen atoms in total. The van der Waals surface area contributed by atoms with Crippen LogP contribution in [0.25, 0.3) is 0 Å². The molecule has 2 N–H and O–H groups in total. The molecule has 0 amide bonds. The number of sulfonamides is 1. The summed E-state index contributed by atoms with van der Waals surface area (Å²) in [6.07, 6.45) is 0.893. The molecule has 20 heavy (non-hydrogen) atoms. The van der Waals surface area contributed by atoms with E-state index in [4.69, 9.17) is 9.84 Å². The first-order valence-corrected chi connectivity index (χ1v) is 8.42. The van der Waals surface area contributed by atoms with Crippen molar-refractivity contribution >= 4 is 10.0 Å². The number of rotatable bonds is 6. The Morgan fingerprint density at radius 1 is 1.45 bits per heavy atom. The quantitative estimate of drug-likeness (QED) is 0.822. The van der Waals surface area contributed by atoms with Crippen molar-refractivity contribution in [3.63, 3.8) is 0 Å². The molecule has 2 atom stereocenters. The Balaban J connectivity index is 1.99. The van der Waals surface area contributed by atoms with Gasteiger partial charge in [-0.25, -0.2) is 13.1 Å². The minimum Gasteiger partial charge on any atom is -0.392 e. The van der Waals surface area contributed by atoms with E-state index in [2.05, 4.69) is 4.72 Å². The van der Waals surface area contributed by atoms with Gasteiger partial charge in [0.15, 0.2) is 0 Å². The fourth-order valence-electron chi connectivity index (χ4n) is 2.41. The Kier molecular flexibility index (Phi) is 5.15. The van der Waals surface area contributed by atoms with Gasteiger partial charge in [0.1, 0.15) is 0 Å². The number of aliphatic hydroxyl groups excluding tert-OH is 1. The van der Waals surface area contributed by atoms with Gasteiger partial charge in [0.2, 0.25) is 10.0 Å². The summed E-state index contributed by atoms with van der Waals surface area (Å²) >= 11 is 0. The zero-order valence-corrected chi connectivity index (χ0v) is 12.4. The Morgan fingerprint density at radius 3 is 2.85 bits per heavy atom. The summed E-state index contributed by atoms with van der Waals surface area (Å²) in [6.45, 7) is 3.11. The second-order valence-corrected chi connectivity index (χ2v) is 7.02. The van der Waals surface area contributed by atoms with Gasteiger partial charge < -0.3 is 9.84 Å². The minimum atomic E-state index is -3.38. The van der Waals surface area contributed by atoms with Crippen LogP contribution >= 0.6 is 0 Å². The molecule has 2 rings (SSSR count). The van der Waals surface area contributed by atoms with Crippen molar-refractivity contribution < 1.29 is 18.3 Å². The largest absolute Gasteiger partial charge is 0.392 e. The highest BCUT2D eigenvalue weighted by molar-refractivity contribution is 7.88. The van der Waals surface area contributed by atoms with Gasteiger partial charge in [-0.3, -0.25) is 0 Å². The maximum atomic E-state index is 12.2. The van der Waals surface area contributed by atoms with E-state index < -0.39 is 10.0 Å². The van der Waals surface area contributed by atoms with E-state index in [1.807, 2.05) is 6.92 Å². The summed E-state index contributed by atoms with van der Waals surface area (Å²) in [7, 11) is -3.38. The molecule has 0 radical (unpaired) electrons. The van der Waals surface area contributed by atoms with Crippen molar-refractivity contribution in [2.24, 2.45) is 5.92 Å². The Hall–Kier alpha value is -0.950. The molecule has 1 aromatic rings. The maximum Gasteiger partial charge on any atom is 0.216 e. The second kappa shape index (κ2) is 6.67. The van der Waals surface area contributed by atoms with Gasteiger partial charge in [-0.15, -0.1) is 0 Å². The van der Waals surface area contributed by atoms with Crippen molar-refractivity contribution in [2.45, 2.75) is 31.7 Å². The lowest BCUT2D eigenvalue weighted by atomic mass is 10.0. The van der Waals surface area contributed by atoms with Gasteiger partial charge in [-0.2, -0.15) is 0 Å². The highest BCUT2D eigenvalue weighted by atomic mass is 32.2. The summed E-state index contributed by atoms with van der Waals surface area (Å²) in [5.74, 6) is 0.173. The molecule has 6 heteroatoms. The number of nitrogens with one attached hydrogen (secondary N) is 1. The van der Waals surface area contributed by atoms with Crippen LogP contribution in [0.2, 0.25) is 0 Å². The predicted molar refractivity (Wildman–Crippen MR) is 76.5 cm³/mol. The van der Waals surface area contributed by atoms with Crippen LogP contribution < -0.4 is 4.72 Å². The van der Waals surface area contributed by atoms with Crippen LogP contribution in [0.4, 0.5) is 0 Å². The average molecular weight is 299 g/mol. The predicted octanol–water partition coefficient (Wildman–Crippen LogP) is 1.02. The summed E-state index contributed by atoms with van der Waals surface area (Å²) in [5, 5.41) is 9.07. The first-order valence-electron chi connectivity index (χ1n) is 6.76. The lowest BCUT2D eigenvalue weighted by molar-refractivity contribution is 0.180. The standard InChI is InChI=1S/C14H21NO4S/c1-11(14-5-6-19-9-14)15-20(17,18)10-13-4-2-3-12(7-13)8-16/h2-4,7,11,14-16H,5-6,8-10H2,1H3. The molecule has 1 fully saturated rings. The highest BCUT2D eigenvalue weighted by Crippen LogP contribution is 2.18. The molecule has 1 heterocycles. The number of hydrogen-bond acceptors (Lipinski definition) is 4. The van der Waals surface area contributed by atoms with Crippen LogP contribution in [0.3, 0.4) is 0 Å². The summed E-state index contributed by atoms with van der Waals surface area (Å²) in [5.41, 5.74) is 1.40. The molecule has 1 aliphatic rings. The first kappa shape index (κ1) is 15.4. The van der Waals surface area contributed by atoms with Crippen LogP contribution in [-0.4, -0.2) is 32.8 Å². The number of hydrogen-bond donors (Lipinski definition) is 2. The highest BCUT2D eigenvalue weighted by Gasteiger charge is 2.25. The third kappa shape index (κ3) is 4.28. The lowest BCUT2D eigenvalue weighted by Crippen LogP contribution is -2.38. The van der Waals surface area contributed by atoms with Crippen molar-refractivity contribution in [1.29, 1.82) is 0 Å². The van der Waals surface area contributed by atoms with Crippen molar-refractivity contribution in [3.05, 3.63) is 35.4 Å². The molecule has 1 aromatic carbocycles. The number of benzene rings is 1. The molecule has 2 unspecified atom stereocenters. The Bertz CT molecular complexity index is 538. The van der Waals surface area contributed by atoms with Crippen LogP contribution in [0.15, 0.2) is 24.3 Å². The van der Waals surface area contributed by atoms with Crippen molar-refractivity contribution in [2.75, 3.05) is 13.2 Å². The van der Waals surface area contributed by atoms with Crippen LogP contribution in [0, 0.1) is 5.92 Å². The second-order valence-electron chi connectivity index (χ2n) is 5.27. The van der Waals surface area contributed by atoms with E-state index >= 15 is 0 Å². The topological polar surface area (TPSA) is 75.6 Å². The Morgan fingerprint density at radius 2 is 2.20 bits per heavy atom. The van der Waals surface area contributed by atoms with Crippen LogP contribution in [0.1, 0.15) is 24.5 Å². The SMILES string of the molecule is CC(NS(=O)(=O)Cc1cccc(CO)c1)C1CCOC1. The summed E-state index contributed by atoms with van der Waals surface area (Å²) in [4.78, 5) is 0. The molecule has 1 saturated heterocycles. The molecule has 0 aromatic heterocycles. The number of ether oxygens (including phenoxy) is 1.